The van der Waals surface area contributed by atoms with Gasteiger partial charge in [0.25, 0.3) is 0 Å². The Hall–Kier alpha value is -2.71. The van der Waals surface area contributed by atoms with Gasteiger partial charge < -0.3 is 4.79 Å². The highest BCUT2D eigenvalue weighted by molar-refractivity contribution is 7.12. The molecule has 0 amide bonds. The zero-order valence-corrected chi connectivity index (χ0v) is 17.9. The van der Waals surface area contributed by atoms with E-state index in [1.54, 1.807) is 11.3 Å². The molecule has 0 spiro atoms. The molecule has 1 aromatic heterocycles. The molecule has 0 radical (unpaired) electrons. The van der Waals surface area contributed by atoms with Crippen LogP contribution >= 0.6 is 11.3 Å². The van der Waals surface area contributed by atoms with Gasteiger partial charge in [0.2, 0.25) is 0 Å². The smallest absolute Gasteiger partial charge is 0.121 e. The Balaban J connectivity index is 1.50. The minimum absolute atomic E-state index is 0.305. The number of benzene rings is 2. The molecule has 1 aliphatic heterocycles. The Kier molecular flexibility index (Phi) is 7.10. The van der Waals surface area contributed by atoms with Crippen molar-refractivity contribution in [3.05, 3.63) is 93.7 Å². The summed E-state index contributed by atoms with van der Waals surface area (Å²) in [6.07, 6.45) is 1.61. The van der Waals surface area contributed by atoms with E-state index in [0.29, 0.717) is 12.5 Å². The van der Waals surface area contributed by atoms with E-state index in [4.69, 9.17) is 0 Å². The molecule has 0 aliphatic carbocycles. The van der Waals surface area contributed by atoms with Crippen molar-refractivity contribution < 1.29 is 4.79 Å². The number of aldehydes is 1. The number of carbonyl (C=O) groups is 1. The first-order chi connectivity index (χ1) is 14.8. The lowest BCUT2D eigenvalue weighted by molar-refractivity contribution is -0.108. The predicted octanol–water partition coefficient (Wildman–Crippen LogP) is 4.60. The van der Waals surface area contributed by atoms with Crippen LogP contribution in [0.3, 0.4) is 0 Å². The number of hydrogen-bond donors (Lipinski definition) is 0. The molecule has 4 heteroatoms. The van der Waals surface area contributed by atoms with Crippen LogP contribution in [0, 0.1) is 11.8 Å². The molecule has 1 fully saturated rings. The van der Waals surface area contributed by atoms with Gasteiger partial charge in [-0.2, -0.15) is 0 Å². The van der Waals surface area contributed by atoms with Gasteiger partial charge in [0.1, 0.15) is 6.29 Å². The highest BCUT2D eigenvalue weighted by Crippen LogP contribution is 2.31. The number of piperazine rings is 1. The molecular formula is C26H26N2OS. The standard InChI is InChI=1S/C26H26N2OS/c29-19-7-16-28-18-17-27(20-23-10-5-2-6-11-23)21-25(28)26-15-14-24(30-26)13-12-22-8-3-1-4-9-22/h1-6,8-11,14-15,19,25H,7,16-18,20-21H2. The fourth-order valence-corrected chi connectivity index (χ4v) is 4.86. The second kappa shape index (κ2) is 10.4. The van der Waals surface area contributed by atoms with Crippen molar-refractivity contribution in [2.24, 2.45) is 0 Å². The van der Waals surface area contributed by atoms with Gasteiger partial charge in [-0.3, -0.25) is 9.80 Å². The Morgan fingerprint density at radius 3 is 2.47 bits per heavy atom. The molecule has 1 unspecified atom stereocenters. The summed E-state index contributed by atoms with van der Waals surface area (Å²) in [5.74, 6) is 6.56. The molecule has 1 atom stereocenters. The van der Waals surface area contributed by atoms with Crippen LogP contribution in [0.2, 0.25) is 0 Å². The predicted molar refractivity (Wildman–Crippen MR) is 123 cm³/mol. The molecule has 0 saturated carbocycles. The Bertz CT molecular complexity index is 1000. The number of nitrogens with zero attached hydrogens (tertiary/aromatic N) is 2. The van der Waals surface area contributed by atoms with Gasteiger partial charge in [0, 0.05) is 49.6 Å². The normalized spacial score (nSPS) is 17.3. The first-order valence-corrected chi connectivity index (χ1v) is 11.2. The van der Waals surface area contributed by atoms with Crippen LogP contribution in [0.4, 0.5) is 0 Å². The van der Waals surface area contributed by atoms with Crippen LogP contribution in [-0.4, -0.2) is 42.3 Å². The highest BCUT2D eigenvalue weighted by atomic mass is 32.1. The monoisotopic (exact) mass is 414 g/mol. The fourth-order valence-electron chi connectivity index (χ4n) is 3.87. The van der Waals surface area contributed by atoms with Crippen LogP contribution in [-0.2, 0) is 11.3 Å². The van der Waals surface area contributed by atoms with Crippen molar-refractivity contribution >= 4 is 17.6 Å². The van der Waals surface area contributed by atoms with Crippen molar-refractivity contribution in [2.75, 3.05) is 26.2 Å². The molecule has 0 bridgehead atoms. The summed E-state index contributed by atoms with van der Waals surface area (Å²) >= 11 is 1.77. The van der Waals surface area contributed by atoms with Crippen molar-refractivity contribution in [3.63, 3.8) is 0 Å². The van der Waals surface area contributed by atoms with E-state index in [1.807, 2.05) is 30.3 Å². The molecule has 1 saturated heterocycles. The van der Waals surface area contributed by atoms with E-state index in [0.717, 1.165) is 49.5 Å². The third kappa shape index (κ3) is 5.46. The van der Waals surface area contributed by atoms with E-state index in [-0.39, 0.29) is 0 Å². The minimum Gasteiger partial charge on any atom is -0.303 e. The van der Waals surface area contributed by atoms with Crippen molar-refractivity contribution in [2.45, 2.75) is 19.0 Å². The Morgan fingerprint density at radius 1 is 0.933 bits per heavy atom. The summed E-state index contributed by atoms with van der Waals surface area (Å²) in [7, 11) is 0. The van der Waals surface area contributed by atoms with Gasteiger partial charge in [-0.15, -0.1) is 11.3 Å². The summed E-state index contributed by atoms with van der Waals surface area (Å²) < 4.78 is 0. The highest BCUT2D eigenvalue weighted by Gasteiger charge is 2.29. The quantitative estimate of drug-likeness (QED) is 0.435. The topological polar surface area (TPSA) is 23.6 Å². The average molecular weight is 415 g/mol. The molecule has 2 heterocycles. The second-order valence-electron chi connectivity index (χ2n) is 7.55. The first kappa shape index (κ1) is 20.6. The summed E-state index contributed by atoms with van der Waals surface area (Å²) in [5, 5.41) is 0. The maximum atomic E-state index is 11.0. The number of hydrogen-bond acceptors (Lipinski definition) is 4. The van der Waals surface area contributed by atoms with E-state index < -0.39 is 0 Å². The third-order valence-electron chi connectivity index (χ3n) is 5.42. The summed E-state index contributed by atoms with van der Waals surface area (Å²) in [6.45, 7) is 4.76. The molecule has 1 aliphatic rings. The van der Waals surface area contributed by atoms with E-state index in [2.05, 4.69) is 64.1 Å². The molecule has 0 N–H and O–H groups in total. The van der Waals surface area contributed by atoms with Gasteiger partial charge in [0.05, 0.1) is 10.9 Å². The van der Waals surface area contributed by atoms with E-state index >= 15 is 0 Å². The fraction of sp³-hybridized carbons (Fsp3) is 0.269. The van der Waals surface area contributed by atoms with Crippen LogP contribution in [0.1, 0.15) is 33.3 Å². The van der Waals surface area contributed by atoms with Crippen molar-refractivity contribution in [1.82, 2.24) is 9.80 Å². The van der Waals surface area contributed by atoms with Crippen LogP contribution < -0.4 is 0 Å². The van der Waals surface area contributed by atoms with Crippen LogP contribution in [0.5, 0.6) is 0 Å². The van der Waals surface area contributed by atoms with Gasteiger partial charge in [-0.1, -0.05) is 60.4 Å². The molecule has 152 valence electrons. The number of carbonyl (C=O) groups excluding carboxylic acids is 1. The lowest BCUT2D eigenvalue weighted by Gasteiger charge is -2.41. The zero-order chi connectivity index (χ0) is 20.6. The molecule has 30 heavy (non-hydrogen) atoms. The lowest BCUT2D eigenvalue weighted by Crippen LogP contribution is -2.48. The average Bonchev–Trinajstić information content (AvgIpc) is 3.27. The molecule has 2 aromatic carbocycles. The van der Waals surface area contributed by atoms with Gasteiger partial charge in [-0.05, 0) is 29.8 Å². The summed E-state index contributed by atoms with van der Waals surface area (Å²) in [5.41, 5.74) is 2.38. The first-order valence-electron chi connectivity index (χ1n) is 10.4. The second-order valence-corrected chi connectivity index (χ2v) is 8.66. The van der Waals surface area contributed by atoms with E-state index in [1.165, 1.54) is 10.4 Å². The molecule has 3 aromatic rings. The lowest BCUT2D eigenvalue weighted by atomic mass is 10.1. The van der Waals surface area contributed by atoms with Crippen molar-refractivity contribution in [1.29, 1.82) is 0 Å². The number of rotatable bonds is 6. The van der Waals surface area contributed by atoms with Crippen LogP contribution in [0.25, 0.3) is 0 Å². The maximum Gasteiger partial charge on any atom is 0.121 e. The Labute approximate surface area is 183 Å². The number of thiophene rings is 1. The van der Waals surface area contributed by atoms with E-state index in [9.17, 15) is 4.79 Å². The summed E-state index contributed by atoms with van der Waals surface area (Å²) in [6, 6.07) is 25.4. The maximum absolute atomic E-state index is 11.0. The minimum atomic E-state index is 0.305. The van der Waals surface area contributed by atoms with Crippen molar-refractivity contribution in [3.8, 4) is 11.8 Å². The van der Waals surface area contributed by atoms with Gasteiger partial charge in [-0.25, -0.2) is 0 Å². The van der Waals surface area contributed by atoms with Gasteiger partial charge >= 0.3 is 0 Å². The SMILES string of the molecule is O=CCCN1CCN(Cc2ccccc2)CC1c1ccc(C#Cc2ccccc2)s1. The molecular weight excluding hydrogens is 388 g/mol. The zero-order valence-electron chi connectivity index (χ0n) is 17.0. The molecule has 3 nitrogen and oxygen atoms in total. The third-order valence-corrected chi connectivity index (χ3v) is 6.52. The molecule has 4 rings (SSSR count). The Morgan fingerprint density at radius 2 is 1.70 bits per heavy atom. The largest absolute Gasteiger partial charge is 0.303 e. The van der Waals surface area contributed by atoms with Gasteiger partial charge in [0.15, 0.2) is 0 Å². The summed E-state index contributed by atoms with van der Waals surface area (Å²) in [4.78, 5) is 18.4. The van der Waals surface area contributed by atoms with Crippen LogP contribution in [0.15, 0.2) is 72.8 Å².